The number of nitrogens with zero attached hydrogens (tertiary/aromatic N) is 4. The molecule has 0 aliphatic carbocycles. The summed E-state index contributed by atoms with van der Waals surface area (Å²) in [5.74, 6) is -0.461. The van der Waals surface area contributed by atoms with Gasteiger partial charge in [-0.25, -0.2) is 9.67 Å². The predicted octanol–water partition coefficient (Wildman–Crippen LogP) is -1.10. The molecule has 1 aromatic rings. The lowest BCUT2D eigenvalue weighted by Crippen LogP contribution is -2.38. The Labute approximate surface area is 116 Å². The van der Waals surface area contributed by atoms with Crippen molar-refractivity contribution in [2.75, 3.05) is 39.6 Å². The summed E-state index contributed by atoms with van der Waals surface area (Å²) in [6, 6.07) is 0. The van der Waals surface area contributed by atoms with E-state index in [4.69, 9.17) is 10.5 Å². The molecular weight excluding hydrogens is 266 g/mol. The summed E-state index contributed by atoms with van der Waals surface area (Å²) in [5, 5.41) is 3.84. The average molecular weight is 285 g/mol. The molecule has 1 amide bonds. The van der Waals surface area contributed by atoms with E-state index in [9.17, 15) is 9.59 Å². The molecule has 20 heavy (non-hydrogen) atoms. The molecule has 0 unspecified atom stereocenters. The van der Waals surface area contributed by atoms with E-state index in [0.29, 0.717) is 13.2 Å². The zero-order valence-corrected chi connectivity index (χ0v) is 11.6. The molecule has 0 radical (unpaired) electrons. The summed E-state index contributed by atoms with van der Waals surface area (Å²) < 4.78 is 10.8. The number of amides is 1. The second-order valence-electron chi connectivity index (χ2n) is 4.00. The van der Waals surface area contributed by atoms with E-state index in [-0.39, 0.29) is 37.3 Å². The van der Waals surface area contributed by atoms with Gasteiger partial charge in [-0.05, 0) is 0 Å². The molecule has 0 aliphatic rings. The third-order valence-electron chi connectivity index (χ3n) is 2.58. The smallest absolute Gasteiger partial charge is 0.307 e. The van der Waals surface area contributed by atoms with Gasteiger partial charge < -0.3 is 20.1 Å². The molecule has 0 bridgehead atoms. The number of esters is 1. The highest BCUT2D eigenvalue weighted by molar-refractivity contribution is 5.77. The highest BCUT2D eigenvalue weighted by Crippen LogP contribution is 1.98. The molecule has 9 heteroatoms. The molecule has 0 fully saturated rings. The van der Waals surface area contributed by atoms with Gasteiger partial charge in [0.1, 0.15) is 12.9 Å². The fraction of sp³-hybridized carbons (Fsp3) is 0.636. The van der Waals surface area contributed by atoms with Gasteiger partial charge in [0.2, 0.25) is 11.9 Å². The summed E-state index contributed by atoms with van der Waals surface area (Å²) >= 11 is 0. The Bertz CT molecular complexity index is 448. The van der Waals surface area contributed by atoms with Gasteiger partial charge >= 0.3 is 5.97 Å². The first-order valence-corrected chi connectivity index (χ1v) is 6.05. The molecular formula is C11H19N5O4. The highest BCUT2D eigenvalue weighted by Gasteiger charge is 2.16. The van der Waals surface area contributed by atoms with Gasteiger partial charge in [-0.15, -0.1) is 5.10 Å². The molecule has 0 saturated heterocycles. The van der Waals surface area contributed by atoms with Gasteiger partial charge in [0.15, 0.2) is 0 Å². The summed E-state index contributed by atoms with van der Waals surface area (Å²) in [6.45, 7) is 1.04. The van der Waals surface area contributed by atoms with Crippen LogP contribution in [0.1, 0.15) is 6.42 Å². The molecule has 0 saturated carbocycles. The zero-order valence-electron chi connectivity index (χ0n) is 11.6. The van der Waals surface area contributed by atoms with Crippen molar-refractivity contribution in [3.8, 4) is 0 Å². The van der Waals surface area contributed by atoms with Crippen LogP contribution in [0.2, 0.25) is 0 Å². The SMILES string of the molecule is COCCN(CCC(=O)OC)C(=O)Cn1cnc(N)n1. The third-order valence-corrected chi connectivity index (χ3v) is 2.58. The second kappa shape index (κ2) is 8.10. The maximum absolute atomic E-state index is 12.1. The Morgan fingerprint density at radius 2 is 2.15 bits per heavy atom. The largest absolute Gasteiger partial charge is 0.469 e. The molecule has 1 heterocycles. The summed E-state index contributed by atoms with van der Waals surface area (Å²) in [7, 11) is 2.85. The average Bonchev–Trinajstić information content (AvgIpc) is 2.83. The van der Waals surface area contributed by atoms with Gasteiger partial charge in [0.05, 0.1) is 20.1 Å². The standard InChI is InChI=1S/C11H19N5O4/c1-19-6-5-15(4-3-10(18)20-2)9(17)7-16-8-13-11(12)14-16/h8H,3-7H2,1-2H3,(H2,12,14). The van der Waals surface area contributed by atoms with E-state index in [1.165, 1.54) is 23.0 Å². The van der Waals surface area contributed by atoms with Crippen molar-refractivity contribution < 1.29 is 19.1 Å². The van der Waals surface area contributed by atoms with E-state index in [1.807, 2.05) is 0 Å². The van der Waals surface area contributed by atoms with Crippen LogP contribution in [-0.4, -0.2) is 65.5 Å². The number of carbonyl (C=O) groups excluding carboxylic acids is 2. The first kappa shape index (κ1) is 15.9. The number of ether oxygens (including phenoxy) is 2. The number of hydrogen-bond acceptors (Lipinski definition) is 7. The van der Waals surface area contributed by atoms with Gasteiger partial charge in [0, 0.05) is 20.2 Å². The summed E-state index contributed by atoms with van der Waals surface area (Å²) in [6.07, 6.45) is 1.51. The van der Waals surface area contributed by atoms with Crippen LogP contribution in [0.5, 0.6) is 0 Å². The van der Waals surface area contributed by atoms with E-state index in [1.54, 1.807) is 7.11 Å². The van der Waals surface area contributed by atoms with E-state index in [2.05, 4.69) is 14.8 Å². The van der Waals surface area contributed by atoms with Crippen molar-refractivity contribution in [3.05, 3.63) is 6.33 Å². The van der Waals surface area contributed by atoms with E-state index < -0.39 is 0 Å². The van der Waals surface area contributed by atoms with Crippen LogP contribution in [-0.2, 0) is 25.6 Å². The predicted molar refractivity (Wildman–Crippen MR) is 69.5 cm³/mol. The fourth-order valence-corrected chi connectivity index (χ4v) is 1.51. The molecule has 9 nitrogen and oxygen atoms in total. The quantitative estimate of drug-likeness (QED) is 0.603. The lowest BCUT2D eigenvalue weighted by Gasteiger charge is -2.21. The minimum Gasteiger partial charge on any atom is -0.469 e. The summed E-state index contributed by atoms with van der Waals surface area (Å²) in [4.78, 5) is 28.5. The lowest BCUT2D eigenvalue weighted by molar-refractivity contribution is -0.142. The normalized spacial score (nSPS) is 10.3. The Kier molecular flexibility index (Phi) is 6.44. The number of hydrogen-bond donors (Lipinski definition) is 1. The first-order chi connectivity index (χ1) is 9.56. The second-order valence-corrected chi connectivity index (χ2v) is 4.00. The molecule has 2 N–H and O–H groups in total. The van der Waals surface area contributed by atoms with Gasteiger partial charge in [-0.2, -0.15) is 0 Å². The van der Waals surface area contributed by atoms with Crippen molar-refractivity contribution >= 4 is 17.8 Å². The van der Waals surface area contributed by atoms with Gasteiger partial charge in [0.25, 0.3) is 0 Å². The van der Waals surface area contributed by atoms with Crippen molar-refractivity contribution in [1.29, 1.82) is 0 Å². The molecule has 0 aromatic carbocycles. The third kappa shape index (κ3) is 5.22. The lowest BCUT2D eigenvalue weighted by atomic mass is 10.3. The van der Waals surface area contributed by atoms with Crippen LogP contribution in [0.3, 0.4) is 0 Å². The molecule has 0 atom stereocenters. The first-order valence-electron chi connectivity index (χ1n) is 6.05. The maximum atomic E-state index is 12.1. The Morgan fingerprint density at radius 1 is 1.40 bits per heavy atom. The molecule has 1 aromatic heterocycles. The molecule has 0 aliphatic heterocycles. The Hall–Kier alpha value is -2.16. The van der Waals surface area contributed by atoms with Gasteiger partial charge in [-0.1, -0.05) is 0 Å². The monoisotopic (exact) mass is 285 g/mol. The number of methoxy groups -OCH3 is 2. The Balaban J connectivity index is 2.56. The van der Waals surface area contributed by atoms with Crippen molar-refractivity contribution in [3.63, 3.8) is 0 Å². The number of nitrogens with two attached hydrogens (primary N) is 1. The maximum Gasteiger partial charge on any atom is 0.307 e. The van der Waals surface area contributed by atoms with Crippen LogP contribution in [0.4, 0.5) is 5.95 Å². The van der Waals surface area contributed by atoms with Crippen LogP contribution in [0.25, 0.3) is 0 Å². The zero-order chi connectivity index (χ0) is 15.0. The number of rotatable bonds is 8. The highest BCUT2D eigenvalue weighted by atomic mass is 16.5. The van der Waals surface area contributed by atoms with Crippen LogP contribution < -0.4 is 5.73 Å². The molecule has 1 rings (SSSR count). The van der Waals surface area contributed by atoms with Crippen molar-refractivity contribution in [2.45, 2.75) is 13.0 Å². The van der Waals surface area contributed by atoms with Crippen LogP contribution in [0, 0.1) is 0 Å². The minimum absolute atomic E-state index is 0.00901. The number of anilines is 1. The Morgan fingerprint density at radius 3 is 2.70 bits per heavy atom. The number of carbonyl (C=O) groups is 2. The number of nitrogen functional groups attached to an aromatic ring is 1. The minimum atomic E-state index is -0.370. The van der Waals surface area contributed by atoms with Crippen molar-refractivity contribution in [2.24, 2.45) is 0 Å². The summed E-state index contributed by atoms with van der Waals surface area (Å²) in [5.41, 5.74) is 5.38. The molecule has 0 spiro atoms. The van der Waals surface area contributed by atoms with E-state index in [0.717, 1.165) is 0 Å². The number of aromatic nitrogens is 3. The fourth-order valence-electron chi connectivity index (χ4n) is 1.51. The molecule has 112 valence electrons. The van der Waals surface area contributed by atoms with Crippen molar-refractivity contribution in [1.82, 2.24) is 19.7 Å². The van der Waals surface area contributed by atoms with E-state index >= 15 is 0 Å². The van der Waals surface area contributed by atoms with Crippen LogP contribution in [0.15, 0.2) is 6.33 Å². The van der Waals surface area contributed by atoms with Gasteiger partial charge in [-0.3, -0.25) is 9.59 Å². The van der Waals surface area contributed by atoms with Crippen LogP contribution >= 0.6 is 0 Å². The topological polar surface area (TPSA) is 113 Å².